The number of carbonyl (C=O) groups excluding carboxylic acids is 2. The second-order valence-corrected chi connectivity index (χ2v) is 2.81. The maximum absolute atomic E-state index is 12.8. The van der Waals surface area contributed by atoms with Crippen molar-refractivity contribution >= 4 is 17.5 Å². The molecule has 80 valence electrons. The Morgan fingerprint density at radius 3 is 2.67 bits per heavy atom. The van der Waals surface area contributed by atoms with Crippen LogP contribution in [0.4, 0.5) is 10.1 Å². The Balaban J connectivity index is 2.91. The number of nitrogens with two attached hydrogens (primary N) is 2. The first-order chi connectivity index (χ1) is 7.04. The highest BCUT2D eigenvalue weighted by molar-refractivity contribution is 6.07. The minimum atomic E-state index is -0.762. The molecular formula is C9H10FN3O2. The first-order valence-electron chi connectivity index (χ1n) is 4.14. The Labute approximate surface area is 85.2 Å². The van der Waals surface area contributed by atoms with Crippen molar-refractivity contribution in [2.75, 3.05) is 12.3 Å². The molecule has 6 heteroatoms. The molecule has 5 nitrogen and oxygen atoms in total. The van der Waals surface area contributed by atoms with Gasteiger partial charge in [-0.3, -0.25) is 14.9 Å². The summed E-state index contributed by atoms with van der Waals surface area (Å²) in [6.45, 7) is -0.318. The zero-order valence-corrected chi connectivity index (χ0v) is 7.79. The minimum Gasteiger partial charge on any atom is -0.398 e. The van der Waals surface area contributed by atoms with E-state index in [2.05, 4.69) is 0 Å². The molecule has 0 bridgehead atoms. The zero-order chi connectivity index (χ0) is 11.4. The quantitative estimate of drug-likeness (QED) is 0.581. The fourth-order valence-electron chi connectivity index (χ4n) is 0.970. The third kappa shape index (κ3) is 2.75. The summed E-state index contributed by atoms with van der Waals surface area (Å²) in [5, 5.41) is 1.96. The van der Waals surface area contributed by atoms with Gasteiger partial charge in [0.15, 0.2) is 0 Å². The van der Waals surface area contributed by atoms with Crippen molar-refractivity contribution in [3.8, 4) is 0 Å². The van der Waals surface area contributed by atoms with Gasteiger partial charge in [-0.05, 0) is 18.2 Å². The molecular weight excluding hydrogens is 201 g/mol. The summed E-state index contributed by atoms with van der Waals surface area (Å²) >= 11 is 0. The van der Waals surface area contributed by atoms with Gasteiger partial charge in [0.25, 0.3) is 5.91 Å². The molecule has 0 saturated heterocycles. The van der Waals surface area contributed by atoms with E-state index in [1.165, 1.54) is 6.07 Å². The van der Waals surface area contributed by atoms with Gasteiger partial charge in [-0.15, -0.1) is 0 Å². The van der Waals surface area contributed by atoms with E-state index in [0.717, 1.165) is 12.1 Å². The Morgan fingerprint density at radius 1 is 1.40 bits per heavy atom. The van der Waals surface area contributed by atoms with E-state index in [9.17, 15) is 14.0 Å². The van der Waals surface area contributed by atoms with E-state index in [-0.39, 0.29) is 17.8 Å². The lowest BCUT2D eigenvalue weighted by atomic mass is 10.1. The monoisotopic (exact) mass is 211 g/mol. The largest absolute Gasteiger partial charge is 0.398 e. The van der Waals surface area contributed by atoms with Crippen LogP contribution >= 0.6 is 0 Å². The number of nitrogens with one attached hydrogen (secondary N) is 1. The number of nitrogen functional groups attached to an aromatic ring is 1. The molecule has 1 aromatic rings. The van der Waals surface area contributed by atoms with Gasteiger partial charge in [0.05, 0.1) is 12.1 Å². The van der Waals surface area contributed by atoms with Gasteiger partial charge >= 0.3 is 0 Å². The summed E-state index contributed by atoms with van der Waals surface area (Å²) < 4.78 is 12.8. The number of carbonyl (C=O) groups is 2. The first-order valence-corrected chi connectivity index (χ1v) is 4.14. The third-order valence-electron chi connectivity index (χ3n) is 1.70. The van der Waals surface area contributed by atoms with Crippen molar-refractivity contribution in [1.82, 2.24) is 5.32 Å². The number of halogens is 1. The normalized spacial score (nSPS) is 9.73. The van der Waals surface area contributed by atoms with E-state index >= 15 is 0 Å². The number of hydrogen-bond acceptors (Lipinski definition) is 4. The molecule has 0 fully saturated rings. The average molecular weight is 211 g/mol. The fourth-order valence-corrected chi connectivity index (χ4v) is 0.970. The van der Waals surface area contributed by atoms with Crippen molar-refractivity contribution in [2.45, 2.75) is 0 Å². The zero-order valence-electron chi connectivity index (χ0n) is 7.79. The molecule has 0 unspecified atom stereocenters. The summed E-state index contributed by atoms with van der Waals surface area (Å²) in [4.78, 5) is 22.2. The van der Waals surface area contributed by atoms with E-state index < -0.39 is 17.6 Å². The van der Waals surface area contributed by atoms with Crippen LogP contribution in [0.5, 0.6) is 0 Å². The van der Waals surface area contributed by atoms with Crippen LogP contribution in [0.1, 0.15) is 10.4 Å². The predicted octanol–water partition coefficient (Wildman–Crippen LogP) is -0.377. The van der Waals surface area contributed by atoms with Crippen molar-refractivity contribution in [3.05, 3.63) is 29.6 Å². The molecule has 0 aliphatic heterocycles. The molecule has 15 heavy (non-hydrogen) atoms. The maximum atomic E-state index is 12.8. The molecule has 1 rings (SSSR count). The fraction of sp³-hybridized carbons (Fsp3) is 0.111. The van der Waals surface area contributed by atoms with Crippen LogP contribution in [-0.2, 0) is 4.79 Å². The second kappa shape index (κ2) is 4.52. The smallest absolute Gasteiger partial charge is 0.260 e. The summed E-state index contributed by atoms with van der Waals surface area (Å²) in [5.41, 5.74) is 10.4. The van der Waals surface area contributed by atoms with Gasteiger partial charge in [0, 0.05) is 5.69 Å². The van der Waals surface area contributed by atoms with Crippen LogP contribution in [0, 0.1) is 5.82 Å². The molecule has 1 aromatic carbocycles. The third-order valence-corrected chi connectivity index (χ3v) is 1.70. The highest BCUT2D eigenvalue weighted by Crippen LogP contribution is 2.12. The second-order valence-electron chi connectivity index (χ2n) is 2.81. The van der Waals surface area contributed by atoms with Gasteiger partial charge in [-0.25, -0.2) is 4.39 Å². The molecule has 0 aliphatic rings. The summed E-state index contributed by atoms with van der Waals surface area (Å²) in [6, 6.07) is 3.32. The molecule has 0 saturated carbocycles. The van der Waals surface area contributed by atoms with E-state index in [1.807, 2.05) is 5.32 Å². The Morgan fingerprint density at radius 2 is 2.07 bits per heavy atom. The lowest BCUT2D eigenvalue weighted by Crippen LogP contribution is -2.35. The lowest BCUT2D eigenvalue weighted by molar-refractivity contribution is -0.118. The lowest BCUT2D eigenvalue weighted by Gasteiger charge is -2.05. The number of rotatable bonds is 2. The molecule has 0 heterocycles. The maximum Gasteiger partial charge on any atom is 0.260 e. The highest BCUT2D eigenvalue weighted by Gasteiger charge is 2.12. The van der Waals surface area contributed by atoms with Gasteiger partial charge in [0.2, 0.25) is 5.91 Å². The number of benzene rings is 1. The van der Waals surface area contributed by atoms with Crippen LogP contribution in [0.25, 0.3) is 0 Å². The topological polar surface area (TPSA) is 98.2 Å². The number of hydrogen-bond donors (Lipinski definition) is 3. The molecule has 0 aliphatic carbocycles. The molecule has 0 radical (unpaired) electrons. The van der Waals surface area contributed by atoms with Gasteiger partial charge in [-0.2, -0.15) is 0 Å². The molecule has 0 aromatic heterocycles. The summed E-state index contributed by atoms with van der Waals surface area (Å²) in [7, 11) is 0. The van der Waals surface area contributed by atoms with Gasteiger partial charge < -0.3 is 11.5 Å². The minimum absolute atomic E-state index is 0.0863. The number of anilines is 1. The SMILES string of the molecule is NCC(=O)NC(=O)c1cc(F)ccc1N. The Hall–Kier alpha value is -1.95. The van der Waals surface area contributed by atoms with Crippen LogP contribution in [-0.4, -0.2) is 18.4 Å². The van der Waals surface area contributed by atoms with Crippen LogP contribution in [0.15, 0.2) is 18.2 Å². The Kier molecular flexibility index (Phi) is 3.35. The van der Waals surface area contributed by atoms with E-state index in [4.69, 9.17) is 11.5 Å². The van der Waals surface area contributed by atoms with Crippen LogP contribution in [0.2, 0.25) is 0 Å². The van der Waals surface area contributed by atoms with Crippen LogP contribution in [0.3, 0.4) is 0 Å². The summed E-state index contributed by atoms with van der Waals surface area (Å²) in [6.07, 6.45) is 0. The molecule has 0 spiro atoms. The first kappa shape index (κ1) is 11.1. The molecule has 0 atom stereocenters. The average Bonchev–Trinajstić information content (AvgIpc) is 2.21. The molecule has 5 N–H and O–H groups in total. The molecule has 2 amide bonds. The standard InChI is InChI=1S/C9H10FN3O2/c10-5-1-2-7(12)6(3-5)9(15)13-8(14)4-11/h1-3H,4,11-12H2,(H,13,14,15). The van der Waals surface area contributed by atoms with Crippen molar-refractivity contribution < 1.29 is 14.0 Å². The number of amides is 2. The van der Waals surface area contributed by atoms with Gasteiger partial charge in [0.1, 0.15) is 5.82 Å². The highest BCUT2D eigenvalue weighted by atomic mass is 19.1. The van der Waals surface area contributed by atoms with Crippen molar-refractivity contribution in [2.24, 2.45) is 5.73 Å². The van der Waals surface area contributed by atoms with Crippen molar-refractivity contribution in [1.29, 1.82) is 0 Å². The van der Waals surface area contributed by atoms with Gasteiger partial charge in [-0.1, -0.05) is 0 Å². The Bertz CT molecular complexity index is 406. The van der Waals surface area contributed by atoms with E-state index in [0.29, 0.717) is 0 Å². The predicted molar refractivity (Wildman–Crippen MR) is 52.3 cm³/mol. The van der Waals surface area contributed by atoms with Crippen molar-refractivity contribution in [3.63, 3.8) is 0 Å². The number of imide groups is 1. The van der Waals surface area contributed by atoms with Crippen LogP contribution < -0.4 is 16.8 Å². The van der Waals surface area contributed by atoms with E-state index in [1.54, 1.807) is 0 Å². The summed E-state index contributed by atoms with van der Waals surface area (Å²) in [5.74, 6) is -2.01.